The number of nitrogens with zero attached hydrogens (tertiary/aromatic N) is 3. The van der Waals surface area contributed by atoms with E-state index in [1.165, 1.54) is 6.33 Å². The summed E-state index contributed by atoms with van der Waals surface area (Å²) < 4.78 is 16.6. The molecule has 0 atom stereocenters. The summed E-state index contributed by atoms with van der Waals surface area (Å²) in [4.78, 5) is 12.8. The molecule has 0 aliphatic carbocycles. The lowest BCUT2D eigenvalue weighted by Gasteiger charge is -2.13. The first-order valence-electron chi connectivity index (χ1n) is 9.76. The molecule has 4 rings (SSSR count). The molecule has 2 heterocycles. The van der Waals surface area contributed by atoms with Gasteiger partial charge in [0.2, 0.25) is 5.88 Å². The highest BCUT2D eigenvalue weighted by Crippen LogP contribution is 2.32. The lowest BCUT2D eigenvalue weighted by atomic mass is 10.1. The minimum atomic E-state index is 0.279. The van der Waals surface area contributed by atoms with Gasteiger partial charge in [0.15, 0.2) is 23.1 Å². The third-order valence-electron chi connectivity index (χ3n) is 4.80. The zero-order chi connectivity index (χ0) is 21.6. The Morgan fingerprint density at radius 3 is 2.58 bits per heavy atom. The van der Waals surface area contributed by atoms with E-state index in [4.69, 9.17) is 19.9 Å². The van der Waals surface area contributed by atoms with Crippen LogP contribution in [0, 0.1) is 0 Å². The molecule has 0 amide bonds. The largest absolute Gasteiger partial charge is 0.493 e. The second-order valence-electron chi connectivity index (χ2n) is 6.74. The van der Waals surface area contributed by atoms with Crippen LogP contribution >= 0.6 is 0 Å². The van der Waals surface area contributed by atoms with E-state index in [0.29, 0.717) is 35.3 Å². The van der Waals surface area contributed by atoms with Gasteiger partial charge in [-0.15, -0.1) is 0 Å². The Morgan fingerprint density at radius 1 is 0.903 bits per heavy atom. The number of anilines is 2. The number of nitrogens with two attached hydrogens (primary N) is 1. The van der Waals surface area contributed by atoms with Crippen LogP contribution in [0.3, 0.4) is 0 Å². The third-order valence-corrected chi connectivity index (χ3v) is 4.80. The first-order chi connectivity index (χ1) is 15.2. The van der Waals surface area contributed by atoms with E-state index in [9.17, 15) is 0 Å². The summed E-state index contributed by atoms with van der Waals surface area (Å²) in [7, 11) is 3.24. The number of ether oxygens (including phenoxy) is 3. The molecule has 4 aromatic rings. The number of para-hydroxylation sites is 1. The Labute approximate surface area is 180 Å². The molecule has 3 N–H and O–H groups in total. The Balaban J connectivity index is 1.47. The molecule has 2 aromatic carbocycles. The standard InChI is InChI=1S/C23H23N5O3/c1-29-17-9-8-15(13-19(17)30-2)10-12-26-22-20(24)23(28-14-27-22)31-18-7-3-5-16-6-4-11-25-21(16)18/h3-9,11,13-14H,10,12,24H2,1-2H3,(H,26,27,28). The molecule has 8 nitrogen and oxygen atoms in total. The lowest BCUT2D eigenvalue weighted by molar-refractivity contribution is 0.354. The van der Waals surface area contributed by atoms with E-state index in [1.54, 1.807) is 20.4 Å². The highest BCUT2D eigenvalue weighted by Gasteiger charge is 2.12. The molecule has 0 unspecified atom stereocenters. The maximum absolute atomic E-state index is 6.27. The van der Waals surface area contributed by atoms with E-state index in [1.807, 2.05) is 48.5 Å². The van der Waals surface area contributed by atoms with Crippen LogP contribution in [0.4, 0.5) is 11.5 Å². The predicted octanol–water partition coefficient (Wildman–Crippen LogP) is 4.07. The third kappa shape index (κ3) is 4.42. The zero-order valence-corrected chi connectivity index (χ0v) is 17.3. The van der Waals surface area contributed by atoms with E-state index in [2.05, 4.69) is 20.3 Å². The van der Waals surface area contributed by atoms with Gasteiger partial charge in [-0.05, 0) is 36.2 Å². The van der Waals surface area contributed by atoms with Gasteiger partial charge in [0.05, 0.1) is 14.2 Å². The van der Waals surface area contributed by atoms with E-state index in [0.717, 1.165) is 22.9 Å². The van der Waals surface area contributed by atoms with Gasteiger partial charge in [-0.2, -0.15) is 4.98 Å². The van der Waals surface area contributed by atoms with Gasteiger partial charge < -0.3 is 25.3 Å². The molecule has 0 bridgehead atoms. The Bertz CT molecular complexity index is 1190. The Morgan fingerprint density at radius 2 is 1.74 bits per heavy atom. The van der Waals surface area contributed by atoms with Gasteiger partial charge in [0.1, 0.15) is 17.5 Å². The van der Waals surface area contributed by atoms with Crippen LogP contribution in [0.1, 0.15) is 5.56 Å². The van der Waals surface area contributed by atoms with Crippen molar-refractivity contribution in [2.45, 2.75) is 6.42 Å². The molecule has 0 spiro atoms. The minimum absolute atomic E-state index is 0.279. The van der Waals surface area contributed by atoms with Crippen molar-refractivity contribution in [3.63, 3.8) is 0 Å². The van der Waals surface area contributed by atoms with Gasteiger partial charge in [-0.25, -0.2) is 4.98 Å². The second kappa shape index (κ2) is 9.17. The lowest BCUT2D eigenvalue weighted by Crippen LogP contribution is -2.10. The molecule has 0 aliphatic rings. The van der Waals surface area contributed by atoms with Crippen LogP contribution in [0.25, 0.3) is 10.9 Å². The summed E-state index contributed by atoms with van der Waals surface area (Å²) in [6, 6.07) is 15.4. The number of methoxy groups -OCH3 is 2. The number of nitrogens with one attached hydrogen (secondary N) is 1. The molecule has 8 heteroatoms. The SMILES string of the molecule is COc1ccc(CCNc2ncnc(Oc3cccc4cccnc34)c2N)cc1OC. The number of nitrogen functional groups attached to an aromatic ring is 1. The molecule has 158 valence electrons. The summed E-state index contributed by atoms with van der Waals surface area (Å²) in [5.41, 5.74) is 8.44. The van der Waals surface area contributed by atoms with Gasteiger partial charge in [-0.1, -0.05) is 24.3 Å². The van der Waals surface area contributed by atoms with E-state index < -0.39 is 0 Å². The number of hydrogen-bond acceptors (Lipinski definition) is 8. The minimum Gasteiger partial charge on any atom is -0.493 e. The molecule has 2 aromatic heterocycles. The van der Waals surface area contributed by atoms with Crippen molar-refractivity contribution in [3.8, 4) is 23.1 Å². The number of hydrogen-bond donors (Lipinski definition) is 2. The zero-order valence-electron chi connectivity index (χ0n) is 17.3. The monoisotopic (exact) mass is 417 g/mol. The summed E-state index contributed by atoms with van der Waals surface area (Å²) in [5, 5.41) is 4.22. The fourth-order valence-corrected chi connectivity index (χ4v) is 3.23. The first kappa shape index (κ1) is 20.2. The van der Waals surface area contributed by atoms with Crippen LogP contribution in [-0.2, 0) is 6.42 Å². The summed E-state index contributed by atoms with van der Waals surface area (Å²) in [6.07, 6.45) is 3.88. The van der Waals surface area contributed by atoms with Crippen LogP contribution in [0.15, 0.2) is 61.1 Å². The van der Waals surface area contributed by atoms with Gasteiger partial charge in [0, 0.05) is 18.1 Å². The predicted molar refractivity (Wildman–Crippen MR) is 120 cm³/mol. The highest BCUT2D eigenvalue weighted by atomic mass is 16.5. The van der Waals surface area contributed by atoms with E-state index >= 15 is 0 Å². The van der Waals surface area contributed by atoms with Crippen molar-refractivity contribution in [1.82, 2.24) is 15.0 Å². The van der Waals surface area contributed by atoms with Crippen molar-refractivity contribution >= 4 is 22.4 Å². The average Bonchev–Trinajstić information content (AvgIpc) is 2.81. The molecule has 0 aliphatic heterocycles. The molecular weight excluding hydrogens is 394 g/mol. The van der Waals surface area contributed by atoms with Crippen molar-refractivity contribution < 1.29 is 14.2 Å². The number of benzene rings is 2. The van der Waals surface area contributed by atoms with Crippen LogP contribution in [0.2, 0.25) is 0 Å². The quantitative estimate of drug-likeness (QED) is 0.442. The summed E-state index contributed by atoms with van der Waals surface area (Å²) in [5.74, 6) is 2.77. The average molecular weight is 417 g/mol. The number of rotatable bonds is 8. The number of aromatic nitrogens is 3. The number of fused-ring (bicyclic) bond motifs is 1. The molecule has 31 heavy (non-hydrogen) atoms. The highest BCUT2D eigenvalue weighted by molar-refractivity contribution is 5.84. The summed E-state index contributed by atoms with van der Waals surface area (Å²) in [6.45, 7) is 0.617. The maximum atomic E-state index is 6.27. The van der Waals surface area contributed by atoms with Crippen molar-refractivity contribution in [3.05, 3.63) is 66.6 Å². The van der Waals surface area contributed by atoms with Crippen LogP contribution in [-0.4, -0.2) is 35.7 Å². The van der Waals surface area contributed by atoms with Crippen molar-refractivity contribution in [2.75, 3.05) is 31.8 Å². The summed E-state index contributed by atoms with van der Waals surface area (Å²) >= 11 is 0. The van der Waals surface area contributed by atoms with Crippen molar-refractivity contribution in [2.24, 2.45) is 0 Å². The second-order valence-corrected chi connectivity index (χ2v) is 6.74. The van der Waals surface area contributed by atoms with Crippen LogP contribution < -0.4 is 25.3 Å². The molecule has 0 fully saturated rings. The Kier molecular flexibility index (Phi) is 5.98. The normalized spacial score (nSPS) is 10.6. The molecule has 0 radical (unpaired) electrons. The fraction of sp³-hybridized carbons (Fsp3) is 0.174. The first-order valence-corrected chi connectivity index (χ1v) is 9.76. The molecular formula is C23H23N5O3. The maximum Gasteiger partial charge on any atom is 0.248 e. The van der Waals surface area contributed by atoms with Crippen LogP contribution in [0.5, 0.6) is 23.1 Å². The Hall–Kier alpha value is -4.07. The van der Waals surface area contributed by atoms with Gasteiger partial charge in [0.25, 0.3) is 0 Å². The fourth-order valence-electron chi connectivity index (χ4n) is 3.23. The number of pyridine rings is 1. The van der Waals surface area contributed by atoms with Gasteiger partial charge in [-0.3, -0.25) is 4.98 Å². The van der Waals surface area contributed by atoms with E-state index in [-0.39, 0.29) is 5.88 Å². The van der Waals surface area contributed by atoms with Crippen molar-refractivity contribution in [1.29, 1.82) is 0 Å². The van der Waals surface area contributed by atoms with Gasteiger partial charge >= 0.3 is 0 Å². The topological polar surface area (TPSA) is 104 Å². The molecule has 0 saturated carbocycles. The molecule has 0 saturated heterocycles. The smallest absolute Gasteiger partial charge is 0.248 e.